The Kier molecular flexibility index (Phi) is 4.51. The van der Waals surface area contributed by atoms with E-state index < -0.39 is 0 Å². The fraction of sp³-hybridized carbons (Fsp3) is 0.235. The summed E-state index contributed by atoms with van der Waals surface area (Å²) in [5.41, 5.74) is 3.43. The lowest BCUT2D eigenvalue weighted by atomic mass is 10.1. The molecule has 2 aromatic carbocycles. The highest BCUT2D eigenvalue weighted by Gasteiger charge is 2.27. The van der Waals surface area contributed by atoms with Crippen LogP contribution in [0.15, 0.2) is 53.4 Å². The predicted molar refractivity (Wildman–Crippen MR) is 87.6 cm³/mol. The Labute approximate surface area is 133 Å². The number of hydrogen-bond donors (Lipinski definition) is 1. The number of amides is 1. The van der Waals surface area contributed by atoms with Crippen molar-refractivity contribution in [1.29, 1.82) is 0 Å². The Morgan fingerprint density at radius 2 is 2.00 bits per heavy atom. The van der Waals surface area contributed by atoms with Crippen LogP contribution in [0.5, 0.6) is 0 Å². The number of hydrogen-bond acceptors (Lipinski definition) is 2. The molecular formula is C17H16ClNOS. The van der Waals surface area contributed by atoms with Crippen LogP contribution in [0, 0.1) is 0 Å². The molecule has 1 heterocycles. The van der Waals surface area contributed by atoms with Gasteiger partial charge < -0.3 is 5.32 Å². The van der Waals surface area contributed by atoms with Crippen LogP contribution in [-0.4, -0.2) is 11.2 Å². The monoisotopic (exact) mass is 317 g/mol. The van der Waals surface area contributed by atoms with Crippen LogP contribution in [-0.2, 0) is 23.6 Å². The van der Waals surface area contributed by atoms with Gasteiger partial charge in [0.1, 0.15) is 0 Å². The van der Waals surface area contributed by atoms with Crippen molar-refractivity contribution in [3.63, 3.8) is 0 Å². The minimum Gasteiger partial charge on any atom is -0.351 e. The molecule has 3 rings (SSSR count). The first-order valence-corrected chi connectivity index (χ1v) is 8.34. The van der Waals surface area contributed by atoms with Crippen LogP contribution in [0.4, 0.5) is 0 Å². The van der Waals surface area contributed by atoms with Gasteiger partial charge in [0.25, 0.3) is 0 Å². The zero-order valence-electron chi connectivity index (χ0n) is 11.5. The summed E-state index contributed by atoms with van der Waals surface area (Å²) < 4.78 is 0. The maximum absolute atomic E-state index is 12.3. The normalized spacial score (nSPS) is 16.5. The van der Waals surface area contributed by atoms with E-state index >= 15 is 0 Å². The first kappa shape index (κ1) is 14.5. The summed E-state index contributed by atoms with van der Waals surface area (Å²) in [6.45, 7) is 0.553. The number of nitrogens with one attached hydrogen (secondary N) is 1. The summed E-state index contributed by atoms with van der Waals surface area (Å²) in [5.74, 6) is 0.600. The van der Waals surface area contributed by atoms with Crippen molar-refractivity contribution in [3.8, 4) is 0 Å². The van der Waals surface area contributed by atoms with Gasteiger partial charge in [-0.1, -0.05) is 42.5 Å². The van der Waals surface area contributed by atoms with Crippen molar-refractivity contribution < 1.29 is 4.79 Å². The van der Waals surface area contributed by atoms with Crippen LogP contribution in [0.1, 0.15) is 16.7 Å². The first-order valence-electron chi connectivity index (χ1n) is 6.92. The average molecular weight is 318 g/mol. The smallest absolute Gasteiger partial charge is 0.234 e. The van der Waals surface area contributed by atoms with E-state index in [1.807, 2.05) is 36.4 Å². The predicted octanol–water partition coefficient (Wildman–Crippen LogP) is 3.76. The molecular weight excluding hydrogens is 302 g/mol. The third-order valence-electron chi connectivity index (χ3n) is 3.55. The zero-order valence-corrected chi connectivity index (χ0v) is 13.1. The lowest BCUT2D eigenvalue weighted by molar-refractivity contribution is -0.120. The summed E-state index contributed by atoms with van der Waals surface area (Å²) >= 11 is 7.48. The molecule has 0 spiro atoms. The van der Waals surface area contributed by atoms with Crippen LogP contribution < -0.4 is 5.32 Å². The van der Waals surface area contributed by atoms with E-state index in [1.54, 1.807) is 11.8 Å². The van der Waals surface area contributed by atoms with Gasteiger partial charge in [0.15, 0.2) is 0 Å². The number of alkyl halides is 1. The molecule has 1 N–H and O–H groups in total. The Bertz CT molecular complexity index is 634. The highest BCUT2D eigenvalue weighted by atomic mass is 35.5. The fourth-order valence-electron chi connectivity index (χ4n) is 2.45. The van der Waals surface area contributed by atoms with Gasteiger partial charge in [-0.2, -0.15) is 0 Å². The first-order chi connectivity index (χ1) is 10.3. The largest absolute Gasteiger partial charge is 0.351 e. The number of halogens is 1. The van der Waals surface area contributed by atoms with Crippen molar-refractivity contribution in [2.45, 2.75) is 29.0 Å². The molecule has 0 aromatic heterocycles. The Hall–Kier alpha value is -1.45. The Morgan fingerprint density at radius 1 is 1.19 bits per heavy atom. The molecule has 108 valence electrons. The topological polar surface area (TPSA) is 29.1 Å². The molecule has 0 radical (unpaired) electrons. The number of benzene rings is 2. The molecule has 1 atom stereocenters. The highest BCUT2D eigenvalue weighted by Crippen LogP contribution is 2.36. The molecule has 0 bridgehead atoms. The number of thioether (sulfide) groups is 1. The van der Waals surface area contributed by atoms with Crippen molar-refractivity contribution in [2.75, 3.05) is 0 Å². The summed E-state index contributed by atoms with van der Waals surface area (Å²) in [6, 6.07) is 16.2. The van der Waals surface area contributed by atoms with Gasteiger partial charge in [0.2, 0.25) is 5.91 Å². The SMILES string of the molecule is O=C(NCc1cccc(CCl)c1)C1Cc2ccccc2S1. The van der Waals surface area contributed by atoms with Crippen molar-refractivity contribution in [3.05, 3.63) is 65.2 Å². The maximum Gasteiger partial charge on any atom is 0.234 e. The van der Waals surface area contributed by atoms with E-state index in [9.17, 15) is 4.79 Å². The second-order valence-electron chi connectivity index (χ2n) is 5.09. The third kappa shape index (κ3) is 3.42. The van der Waals surface area contributed by atoms with E-state index in [-0.39, 0.29) is 11.2 Å². The summed E-state index contributed by atoms with van der Waals surface area (Å²) in [4.78, 5) is 13.5. The maximum atomic E-state index is 12.3. The molecule has 0 aliphatic carbocycles. The standard InChI is InChI=1S/C17H16ClNOS/c18-10-12-4-3-5-13(8-12)11-19-17(20)16-9-14-6-1-2-7-15(14)21-16/h1-8,16H,9-11H2,(H,19,20). The number of carbonyl (C=O) groups excluding carboxylic acids is 1. The van der Waals surface area contributed by atoms with E-state index in [0.717, 1.165) is 17.5 Å². The van der Waals surface area contributed by atoms with E-state index in [4.69, 9.17) is 11.6 Å². The molecule has 0 saturated carbocycles. The number of carbonyl (C=O) groups is 1. The fourth-order valence-corrected chi connectivity index (χ4v) is 3.84. The van der Waals surface area contributed by atoms with E-state index in [0.29, 0.717) is 12.4 Å². The summed E-state index contributed by atoms with van der Waals surface area (Å²) in [6.07, 6.45) is 0.814. The minimum atomic E-state index is -0.0152. The molecule has 1 unspecified atom stereocenters. The van der Waals surface area contributed by atoms with E-state index in [2.05, 4.69) is 17.4 Å². The minimum absolute atomic E-state index is 0.0152. The molecule has 1 amide bonds. The van der Waals surface area contributed by atoms with Crippen LogP contribution in [0.3, 0.4) is 0 Å². The third-order valence-corrected chi connectivity index (χ3v) is 5.18. The molecule has 4 heteroatoms. The van der Waals surface area contributed by atoms with Gasteiger partial charge >= 0.3 is 0 Å². The molecule has 1 aliphatic heterocycles. The quantitative estimate of drug-likeness (QED) is 0.870. The Balaban J connectivity index is 1.58. The molecule has 0 saturated heterocycles. The van der Waals surface area contributed by atoms with Crippen molar-refractivity contribution in [1.82, 2.24) is 5.32 Å². The zero-order chi connectivity index (χ0) is 14.7. The number of fused-ring (bicyclic) bond motifs is 1. The molecule has 21 heavy (non-hydrogen) atoms. The molecule has 2 aromatic rings. The van der Waals surface area contributed by atoms with Gasteiger partial charge in [0.05, 0.1) is 5.25 Å². The highest BCUT2D eigenvalue weighted by molar-refractivity contribution is 8.01. The van der Waals surface area contributed by atoms with Gasteiger partial charge in [-0.15, -0.1) is 23.4 Å². The van der Waals surface area contributed by atoms with Crippen LogP contribution >= 0.6 is 23.4 Å². The van der Waals surface area contributed by atoms with Crippen LogP contribution in [0.25, 0.3) is 0 Å². The van der Waals surface area contributed by atoms with E-state index in [1.165, 1.54) is 10.5 Å². The summed E-state index contributed by atoms with van der Waals surface area (Å²) in [7, 11) is 0. The lowest BCUT2D eigenvalue weighted by Crippen LogP contribution is -2.32. The second-order valence-corrected chi connectivity index (χ2v) is 6.60. The Morgan fingerprint density at radius 3 is 2.81 bits per heavy atom. The second kappa shape index (κ2) is 6.54. The molecule has 2 nitrogen and oxygen atoms in total. The van der Waals surface area contributed by atoms with Gasteiger partial charge in [-0.25, -0.2) is 0 Å². The molecule has 0 fully saturated rings. The van der Waals surface area contributed by atoms with Gasteiger partial charge in [-0.3, -0.25) is 4.79 Å². The van der Waals surface area contributed by atoms with Gasteiger partial charge in [-0.05, 0) is 29.2 Å². The summed E-state index contributed by atoms with van der Waals surface area (Å²) in [5, 5.41) is 3.01. The molecule has 1 aliphatic rings. The lowest BCUT2D eigenvalue weighted by Gasteiger charge is -2.10. The van der Waals surface area contributed by atoms with Crippen molar-refractivity contribution in [2.24, 2.45) is 0 Å². The number of rotatable bonds is 4. The van der Waals surface area contributed by atoms with Gasteiger partial charge in [0, 0.05) is 17.3 Å². The van der Waals surface area contributed by atoms with Crippen molar-refractivity contribution >= 4 is 29.3 Å². The van der Waals surface area contributed by atoms with Crippen LogP contribution in [0.2, 0.25) is 0 Å². The average Bonchev–Trinajstić information content (AvgIpc) is 2.97.